The number of furan rings is 3. The van der Waals surface area contributed by atoms with Gasteiger partial charge in [0.15, 0.2) is 0 Å². The molecule has 7 aromatic heterocycles. The molecule has 0 saturated heterocycles. The summed E-state index contributed by atoms with van der Waals surface area (Å²) in [4.78, 5) is 0. The van der Waals surface area contributed by atoms with Crippen LogP contribution in [0.4, 0.5) is 0 Å². The van der Waals surface area contributed by atoms with Gasteiger partial charge in [0.2, 0.25) is 0 Å². The lowest BCUT2D eigenvalue weighted by Gasteiger charge is -2.27. The van der Waals surface area contributed by atoms with Crippen LogP contribution in [0.3, 0.4) is 0 Å². The molecule has 0 radical (unpaired) electrons. The van der Waals surface area contributed by atoms with Gasteiger partial charge in [-0.25, -0.2) is 0 Å². The van der Waals surface area contributed by atoms with Crippen molar-refractivity contribution in [1.82, 2.24) is 13.7 Å². The van der Waals surface area contributed by atoms with E-state index in [1.165, 1.54) is 0 Å². The van der Waals surface area contributed by atoms with E-state index in [1.54, 1.807) is 11.3 Å². The number of nitriles is 2. The molecule has 0 spiro atoms. The molecule has 83 heavy (non-hydrogen) atoms. The molecule has 0 aliphatic rings. The molecule has 19 aromatic rings. The fourth-order valence-electron chi connectivity index (χ4n) is 14.3. The molecular formula is C74H37N5O3S. The van der Waals surface area contributed by atoms with Crippen molar-refractivity contribution in [3.8, 4) is 40.3 Å². The monoisotopic (exact) mass is 1080 g/mol. The summed E-state index contributed by atoms with van der Waals surface area (Å²) in [7, 11) is 0. The summed E-state index contributed by atoms with van der Waals surface area (Å²) in [6.07, 6.45) is 0. The van der Waals surface area contributed by atoms with E-state index in [2.05, 4.69) is 202 Å². The van der Waals surface area contributed by atoms with E-state index in [1.807, 2.05) is 48.5 Å². The second-order valence-electron chi connectivity index (χ2n) is 21.5. The van der Waals surface area contributed by atoms with Crippen molar-refractivity contribution in [2.75, 3.05) is 0 Å². The highest BCUT2D eigenvalue weighted by atomic mass is 32.1. The van der Waals surface area contributed by atoms with Crippen LogP contribution in [0.5, 0.6) is 0 Å². The lowest BCUT2D eigenvalue weighted by Crippen LogP contribution is -2.14. The summed E-state index contributed by atoms with van der Waals surface area (Å²) in [5, 5.41) is 39.2. The van der Waals surface area contributed by atoms with E-state index in [4.69, 9.17) is 13.3 Å². The van der Waals surface area contributed by atoms with Crippen LogP contribution in [0.1, 0.15) is 11.1 Å². The smallest absolute Gasteiger partial charge is 0.137 e. The van der Waals surface area contributed by atoms with Crippen molar-refractivity contribution in [2.24, 2.45) is 0 Å². The maximum atomic E-state index is 12.7. The Morgan fingerprint density at radius 2 is 0.675 bits per heavy atom. The second kappa shape index (κ2) is 16.2. The number of hydrogen-bond donors (Lipinski definition) is 0. The van der Waals surface area contributed by atoms with E-state index in [0.29, 0.717) is 28.2 Å². The maximum Gasteiger partial charge on any atom is 0.137 e. The van der Waals surface area contributed by atoms with Crippen LogP contribution in [-0.4, -0.2) is 13.7 Å². The molecule has 0 bridgehead atoms. The van der Waals surface area contributed by atoms with Crippen LogP contribution in [0, 0.1) is 22.7 Å². The Morgan fingerprint density at radius 3 is 1.14 bits per heavy atom. The Labute approximate surface area is 473 Å². The van der Waals surface area contributed by atoms with Crippen LogP contribution in [0.15, 0.2) is 238 Å². The number of hydrogen-bond acceptors (Lipinski definition) is 6. The number of thiophene rings is 1. The topological polar surface area (TPSA) is 102 Å². The molecule has 0 amide bonds. The SMILES string of the molecule is N#Cc1c(C#N)c(-n2c3ccccc3c3ccc4oc5ccccc5c4c32)c(-n2c3ccccc3c3ccc4oc5ccccc5c4c32)c(-c2cccc3c2sc2ccccc23)c1-n1c2ccccc2c2ccc3oc4ccccc4c3c21. The summed E-state index contributed by atoms with van der Waals surface area (Å²) in [6, 6.07) is 83.6. The van der Waals surface area contributed by atoms with Gasteiger partial charge in [-0.3, -0.25) is 0 Å². The van der Waals surface area contributed by atoms with E-state index in [-0.39, 0.29) is 11.1 Å². The number of fused-ring (bicyclic) bond motifs is 24. The van der Waals surface area contributed by atoms with Gasteiger partial charge in [-0.2, -0.15) is 10.5 Å². The molecule has 0 unspecified atom stereocenters. The van der Waals surface area contributed by atoms with Crippen LogP contribution < -0.4 is 0 Å². The third-order valence-electron chi connectivity index (χ3n) is 17.5. The van der Waals surface area contributed by atoms with Gasteiger partial charge in [0.1, 0.15) is 45.6 Å². The third kappa shape index (κ3) is 5.65. The highest BCUT2D eigenvalue weighted by Gasteiger charge is 2.36. The summed E-state index contributed by atoms with van der Waals surface area (Å²) >= 11 is 1.74. The first-order valence-electron chi connectivity index (χ1n) is 27.6. The van der Waals surface area contributed by atoms with Crippen molar-refractivity contribution < 1.29 is 13.3 Å². The van der Waals surface area contributed by atoms with Crippen LogP contribution in [0.25, 0.3) is 180 Å². The van der Waals surface area contributed by atoms with Gasteiger partial charge in [-0.05, 0) is 78.9 Å². The molecular weight excluding hydrogens is 1040 g/mol. The van der Waals surface area contributed by atoms with Gasteiger partial charge in [0.25, 0.3) is 0 Å². The molecule has 0 atom stereocenters. The largest absolute Gasteiger partial charge is 0.456 e. The summed E-state index contributed by atoms with van der Waals surface area (Å²) < 4.78 is 29.5. The highest BCUT2D eigenvalue weighted by molar-refractivity contribution is 7.26. The Morgan fingerprint density at radius 1 is 0.301 bits per heavy atom. The average molecular weight is 1080 g/mol. The zero-order chi connectivity index (χ0) is 54.3. The first-order valence-corrected chi connectivity index (χ1v) is 28.4. The zero-order valence-electron chi connectivity index (χ0n) is 43.7. The molecule has 12 aromatic carbocycles. The predicted octanol–water partition coefficient (Wildman–Crippen LogP) is 20.5. The van der Waals surface area contributed by atoms with Gasteiger partial charge in [-0.1, -0.05) is 146 Å². The van der Waals surface area contributed by atoms with Crippen LogP contribution in [0.2, 0.25) is 0 Å². The predicted molar refractivity (Wildman–Crippen MR) is 339 cm³/mol. The summed E-state index contributed by atoms with van der Waals surface area (Å²) in [5.41, 5.74) is 13.6. The molecule has 0 N–H and O–H groups in total. The molecule has 382 valence electrons. The Bertz CT molecular complexity index is 6240. The summed E-state index contributed by atoms with van der Waals surface area (Å²) in [6.45, 7) is 0. The molecule has 0 saturated carbocycles. The zero-order valence-corrected chi connectivity index (χ0v) is 44.5. The first kappa shape index (κ1) is 44.5. The molecule has 0 aliphatic carbocycles. The minimum absolute atomic E-state index is 0.211. The minimum atomic E-state index is 0.211. The van der Waals surface area contributed by atoms with Crippen molar-refractivity contribution in [1.29, 1.82) is 10.5 Å². The molecule has 19 rings (SSSR count). The van der Waals surface area contributed by atoms with Gasteiger partial charge < -0.3 is 27.0 Å². The van der Waals surface area contributed by atoms with E-state index >= 15 is 0 Å². The van der Waals surface area contributed by atoms with Gasteiger partial charge in [0, 0.05) is 79.8 Å². The normalized spacial score (nSPS) is 12.3. The fourth-order valence-corrected chi connectivity index (χ4v) is 15.5. The number of nitrogens with zero attached hydrogens (tertiary/aromatic N) is 5. The molecule has 0 aliphatic heterocycles. The van der Waals surface area contributed by atoms with Crippen molar-refractivity contribution in [3.05, 3.63) is 236 Å². The fraction of sp³-hybridized carbons (Fsp3) is 0. The molecule has 0 fully saturated rings. The van der Waals surface area contributed by atoms with E-state index < -0.39 is 0 Å². The number of rotatable bonds is 4. The Hall–Kier alpha value is -11.4. The van der Waals surface area contributed by atoms with Gasteiger partial charge in [0.05, 0.1) is 77.4 Å². The molecule has 9 heteroatoms. The standard InChI is InChI=1S/C74H37N5O3S/c75-38-52-53(39-76)72(78-55-26-9-2-17-41(55)45-33-36-61-65(69(45)78)49-21-5-12-29-58(49)81-61)73(79-56-27-10-3-18-42(56)46-34-37-62-66(70(46)79)50-22-6-13-30-59(50)82-62)67(51-24-15-23-47-43-19-7-14-31-63(43)83-74(47)51)71(52)77-54-25-8-1-16-40(54)44-32-35-60-64(68(44)77)48-20-4-11-28-57(48)80-60/h1-37H. The Kier molecular flexibility index (Phi) is 8.66. The molecule has 7 heterocycles. The van der Waals surface area contributed by atoms with Crippen molar-refractivity contribution in [2.45, 2.75) is 0 Å². The quantitative estimate of drug-likeness (QED) is 0.175. The van der Waals surface area contributed by atoms with E-state index in [0.717, 1.165) is 151 Å². The summed E-state index contributed by atoms with van der Waals surface area (Å²) in [5.74, 6) is 0. The van der Waals surface area contributed by atoms with Crippen molar-refractivity contribution in [3.63, 3.8) is 0 Å². The minimum Gasteiger partial charge on any atom is -0.456 e. The third-order valence-corrected chi connectivity index (χ3v) is 18.7. The lowest BCUT2D eigenvalue weighted by molar-refractivity contribution is 0.668. The number of aromatic nitrogens is 3. The van der Waals surface area contributed by atoms with Crippen LogP contribution >= 0.6 is 11.3 Å². The number of benzene rings is 12. The van der Waals surface area contributed by atoms with Gasteiger partial charge >= 0.3 is 0 Å². The molecule has 8 nitrogen and oxygen atoms in total. The first-order chi connectivity index (χ1) is 41.1. The van der Waals surface area contributed by atoms with Crippen molar-refractivity contribution >= 4 is 163 Å². The number of para-hydroxylation sites is 6. The average Bonchev–Trinajstić information content (AvgIpc) is 2.01. The van der Waals surface area contributed by atoms with Gasteiger partial charge in [-0.15, -0.1) is 11.3 Å². The lowest BCUT2D eigenvalue weighted by atomic mass is 9.90. The Balaban J connectivity index is 1.17. The maximum absolute atomic E-state index is 12.7. The highest BCUT2D eigenvalue weighted by Crippen LogP contribution is 2.54. The second-order valence-corrected chi connectivity index (χ2v) is 22.6. The van der Waals surface area contributed by atoms with Crippen LogP contribution in [-0.2, 0) is 0 Å². The van der Waals surface area contributed by atoms with E-state index in [9.17, 15) is 10.5 Å².